The molecule has 4 nitrogen and oxygen atoms in total. The van der Waals surface area contributed by atoms with Crippen molar-refractivity contribution in [2.75, 3.05) is 25.5 Å². The van der Waals surface area contributed by atoms with Gasteiger partial charge in [0.2, 0.25) is 0 Å². The number of amides is 1. The molecule has 1 aliphatic rings. The van der Waals surface area contributed by atoms with Crippen LogP contribution in [0.1, 0.15) is 12.8 Å². The van der Waals surface area contributed by atoms with Crippen molar-refractivity contribution in [3.8, 4) is 0 Å². The van der Waals surface area contributed by atoms with Crippen LogP contribution in [0, 0.1) is 0 Å². The molecular weight excluding hydrogens is 224 g/mol. The Labute approximate surface area is 99.0 Å². The van der Waals surface area contributed by atoms with E-state index in [0.29, 0.717) is 0 Å². The lowest BCUT2D eigenvalue weighted by molar-refractivity contribution is -0.140. The van der Waals surface area contributed by atoms with Gasteiger partial charge in [0, 0.05) is 12.5 Å². The summed E-state index contributed by atoms with van der Waals surface area (Å²) in [7, 11) is 1.61. The summed E-state index contributed by atoms with van der Waals surface area (Å²) in [5, 5.41) is 9.99. The molecule has 0 aliphatic carbocycles. The smallest absolute Gasteiger partial charge is 0.256 e. The molecule has 0 aromatic carbocycles. The Bertz CT molecular complexity index is 345. The standard InChI is InChI=1S/C11H16N2O2S/c1-15-11(3-5-12-6-4-11)10(14)13-9-2-7-16-8-9/h2,7-8,12H,3-6H2,1H3,(H,13,14). The molecule has 1 aliphatic heterocycles. The normalized spacial score (nSPS) is 19.3. The highest BCUT2D eigenvalue weighted by molar-refractivity contribution is 7.08. The van der Waals surface area contributed by atoms with Gasteiger partial charge in [-0.25, -0.2) is 0 Å². The number of carbonyl (C=O) groups is 1. The van der Waals surface area contributed by atoms with Crippen molar-refractivity contribution < 1.29 is 9.53 Å². The Morgan fingerprint density at radius 3 is 2.88 bits per heavy atom. The van der Waals surface area contributed by atoms with Gasteiger partial charge in [0.15, 0.2) is 0 Å². The summed E-state index contributed by atoms with van der Waals surface area (Å²) in [6, 6.07) is 1.90. The lowest BCUT2D eigenvalue weighted by Crippen LogP contribution is -2.51. The van der Waals surface area contributed by atoms with E-state index in [1.54, 1.807) is 18.4 Å². The molecule has 2 N–H and O–H groups in total. The number of carbonyl (C=O) groups excluding carboxylic acids is 1. The van der Waals surface area contributed by atoms with Crippen molar-refractivity contribution in [1.82, 2.24) is 5.32 Å². The molecule has 0 spiro atoms. The van der Waals surface area contributed by atoms with Gasteiger partial charge in [-0.1, -0.05) is 0 Å². The number of anilines is 1. The maximum atomic E-state index is 12.2. The monoisotopic (exact) mass is 240 g/mol. The molecule has 0 bridgehead atoms. The fourth-order valence-electron chi connectivity index (χ4n) is 1.94. The van der Waals surface area contributed by atoms with E-state index in [1.807, 2.05) is 16.8 Å². The molecule has 1 fully saturated rings. The van der Waals surface area contributed by atoms with Crippen molar-refractivity contribution in [3.05, 3.63) is 16.8 Å². The minimum atomic E-state index is -0.660. The van der Waals surface area contributed by atoms with Crippen LogP contribution in [0.15, 0.2) is 16.8 Å². The number of nitrogens with one attached hydrogen (secondary N) is 2. The van der Waals surface area contributed by atoms with Crippen molar-refractivity contribution in [3.63, 3.8) is 0 Å². The summed E-state index contributed by atoms with van der Waals surface area (Å²) in [5.41, 5.74) is 0.192. The third kappa shape index (κ3) is 2.26. The Balaban J connectivity index is 2.06. The van der Waals surface area contributed by atoms with Crippen LogP contribution in [0.25, 0.3) is 0 Å². The third-order valence-electron chi connectivity index (χ3n) is 2.99. The largest absolute Gasteiger partial charge is 0.368 e. The number of hydrogen-bond acceptors (Lipinski definition) is 4. The summed E-state index contributed by atoms with van der Waals surface area (Å²) in [5.74, 6) is -0.0325. The van der Waals surface area contributed by atoms with Crippen LogP contribution < -0.4 is 10.6 Å². The number of rotatable bonds is 3. The van der Waals surface area contributed by atoms with E-state index in [-0.39, 0.29) is 5.91 Å². The Kier molecular flexibility index (Phi) is 3.58. The second-order valence-corrected chi connectivity index (χ2v) is 4.69. The van der Waals surface area contributed by atoms with E-state index in [4.69, 9.17) is 4.74 Å². The summed E-state index contributed by atoms with van der Waals surface area (Å²) >= 11 is 1.57. The van der Waals surface area contributed by atoms with Crippen molar-refractivity contribution in [2.24, 2.45) is 0 Å². The molecule has 2 heterocycles. The molecule has 88 valence electrons. The van der Waals surface area contributed by atoms with E-state index in [0.717, 1.165) is 31.6 Å². The molecule has 16 heavy (non-hydrogen) atoms. The molecule has 1 saturated heterocycles. The fraction of sp³-hybridized carbons (Fsp3) is 0.545. The molecule has 1 aromatic heterocycles. The number of hydrogen-bond donors (Lipinski definition) is 2. The zero-order valence-corrected chi connectivity index (χ0v) is 10.1. The molecule has 0 atom stereocenters. The van der Waals surface area contributed by atoms with E-state index in [9.17, 15) is 4.79 Å². The number of thiophene rings is 1. The van der Waals surface area contributed by atoms with Gasteiger partial charge in [0.05, 0.1) is 5.69 Å². The first-order valence-corrected chi connectivity index (χ1v) is 6.31. The number of piperidine rings is 1. The third-order valence-corrected chi connectivity index (χ3v) is 3.68. The molecule has 0 saturated carbocycles. The number of methoxy groups -OCH3 is 1. The van der Waals surface area contributed by atoms with Crippen LogP contribution in [0.2, 0.25) is 0 Å². The average Bonchev–Trinajstić information content (AvgIpc) is 2.82. The van der Waals surface area contributed by atoms with Crippen LogP contribution in [0.4, 0.5) is 5.69 Å². The van der Waals surface area contributed by atoms with Gasteiger partial charge < -0.3 is 15.4 Å². The minimum absolute atomic E-state index is 0.0325. The predicted molar refractivity (Wildman–Crippen MR) is 64.8 cm³/mol. The second-order valence-electron chi connectivity index (χ2n) is 3.91. The van der Waals surface area contributed by atoms with Crippen molar-refractivity contribution in [1.29, 1.82) is 0 Å². The van der Waals surface area contributed by atoms with Crippen molar-refractivity contribution in [2.45, 2.75) is 18.4 Å². The van der Waals surface area contributed by atoms with Crippen LogP contribution in [0.5, 0.6) is 0 Å². The van der Waals surface area contributed by atoms with Gasteiger partial charge in [0.25, 0.3) is 5.91 Å². The Morgan fingerprint density at radius 1 is 1.56 bits per heavy atom. The quantitative estimate of drug-likeness (QED) is 0.841. The van der Waals surface area contributed by atoms with Gasteiger partial charge in [0.1, 0.15) is 5.60 Å². The van der Waals surface area contributed by atoms with Gasteiger partial charge in [-0.15, -0.1) is 0 Å². The van der Waals surface area contributed by atoms with Gasteiger partial charge in [-0.2, -0.15) is 11.3 Å². The zero-order chi connectivity index (χ0) is 11.4. The molecule has 1 amide bonds. The first kappa shape index (κ1) is 11.6. The molecule has 2 rings (SSSR count). The maximum Gasteiger partial charge on any atom is 0.256 e. The minimum Gasteiger partial charge on any atom is -0.368 e. The SMILES string of the molecule is COC1(C(=O)Nc2ccsc2)CCNCC1. The van der Waals surface area contributed by atoms with Crippen LogP contribution >= 0.6 is 11.3 Å². The molecule has 0 radical (unpaired) electrons. The Hall–Kier alpha value is -0.910. The van der Waals surface area contributed by atoms with Gasteiger partial charge in [-0.3, -0.25) is 4.79 Å². The summed E-state index contributed by atoms with van der Waals surface area (Å²) in [6.07, 6.45) is 1.44. The van der Waals surface area contributed by atoms with E-state index in [2.05, 4.69) is 10.6 Å². The van der Waals surface area contributed by atoms with E-state index in [1.165, 1.54) is 0 Å². The van der Waals surface area contributed by atoms with Crippen LogP contribution in [0.3, 0.4) is 0 Å². The van der Waals surface area contributed by atoms with Crippen molar-refractivity contribution >= 4 is 22.9 Å². The average molecular weight is 240 g/mol. The first-order valence-electron chi connectivity index (χ1n) is 5.36. The van der Waals surface area contributed by atoms with Crippen LogP contribution in [-0.4, -0.2) is 31.7 Å². The highest BCUT2D eigenvalue weighted by Crippen LogP contribution is 2.25. The number of ether oxygens (including phenoxy) is 1. The molecular formula is C11H16N2O2S. The van der Waals surface area contributed by atoms with E-state index < -0.39 is 5.60 Å². The topological polar surface area (TPSA) is 50.4 Å². The summed E-state index contributed by atoms with van der Waals surface area (Å²) in [6.45, 7) is 1.65. The summed E-state index contributed by atoms with van der Waals surface area (Å²) in [4.78, 5) is 12.2. The maximum absolute atomic E-state index is 12.2. The van der Waals surface area contributed by atoms with Gasteiger partial charge >= 0.3 is 0 Å². The highest BCUT2D eigenvalue weighted by atomic mass is 32.1. The lowest BCUT2D eigenvalue weighted by Gasteiger charge is -2.34. The second kappa shape index (κ2) is 4.95. The zero-order valence-electron chi connectivity index (χ0n) is 9.29. The van der Waals surface area contributed by atoms with Crippen LogP contribution in [-0.2, 0) is 9.53 Å². The fourth-order valence-corrected chi connectivity index (χ4v) is 2.52. The predicted octanol–water partition coefficient (Wildman–Crippen LogP) is 1.46. The Morgan fingerprint density at radius 2 is 2.31 bits per heavy atom. The first-order chi connectivity index (χ1) is 7.77. The molecule has 1 aromatic rings. The summed E-state index contributed by atoms with van der Waals surface area (Å²) < 4.78 is 5.44. The molecule has 0 unspecified atom stereocenters. The van der Waals surface area contributed by atoms with E-state index >= 15 is 0 Å². The van der Waals surface area contributed by atoms with Gasteiger partial charge in [-0.05, 0) is 37.4 Å². The highest BCUT2D eigenvalue weighted by Gasteiger charge is 2.39. The molecule has 5 heteroatoms. The lowest BCUT2D eigenvalue weighted by atomic mass is 9.91.